The lowest BCUT2D eigenvalue weighted by molar-refractivity contribution is 0.271. The highest BCUT2D eigenvalue weighted by molar-refractivity contribution is 6.74. The van der Waals surface area contributed by atoms with E-state index in [-0.39, 0.29) is 5.04 Å². The third-order valence-corrected chi connectivity index (χ3v) is 10.1. The zero-order chi connectivity index (χ0) is 21.7. The van der Waals surface area contributed by atoms with Crippen LogP contribution in [-0.2, 0) is 11.5 Å². The summed E-state index contributed by atoms with van der Waals surface area (Å²) in [6.07, 6.45) is 9.07. The van der Waals surface area contributed by atoms with E-state index in [1.165, 1.54) is 0 Å². The maximum absolute atomic E-state index is 6.27. The minimum absolute atomic E-state index is 0.259. The standard InChI is InChI=1S/C20H37N7OSi/c1-16(9-8-12-28-29(6,7)20(2,3)4)13-23-18-17(14-26(5)25-18)24-19(21)27-11-10-22-15-27/h10-11,14-16H,8-9,12-13H2,1-7H3,(H2,21,24)(H,23,25)/t16-/m1/s1. The summed E-state index contributed by atoms with van der Waals surface area (Å²) in [5.74, 6) is 1.59. The van der Waals surface area contributed by atoms with Crippen LogP contribution in [0.2, 0.25) is 18.1 Å². The Morgan fingerprint density at radius 1 is 1.38 bits per heavy atom. The van der Waals surface area contributed by atoms with Crippen molar-refractivity contribution in [3.8, 4) is 0 Å². The van der Waals surface area contributed by atoms with Crippen molar-refractivity contribution < 1.29 is 4.43 Å². The number of imidazole rings is 1. The monoisotopic (exact) mass is 419 g/mol. The normalized spacial score (nSPS) is 14.2. The van der Waals surface area contributed by atoms with Crippen LogP contribution in [-0.4, -0.2) is 46.8 Å². The lowest BCUT2D eigenvalue weighted by Crippen LogP contribution is -2.41. The van der Waals surface area contributed by atoms with Gasteiger partial charge in [0.1, 0.15) is 12.0 Å². The average molecular weight is 420 g/mol. The van der Waals surface area contributed by atoms with Gasteiger partial charge >= 0.3 is 0 Å². The van der Waals surface area contributed by atoms with Gasteiger partial charge in [0.2, 0.25) is 5.96 Å². The summed E-state index contributed by atoms with van der Waals surface area (Å²) in [4.78, 5) is 8.48. The van der Waals surface area contributed by atoms with Gasteiger partial charge in [-0.3, -0.25) is 9.25 Å². The number of nitrogens with two attached hydrogens (primary N) is 1. The van der Waals surface area contributed by atoms with Crippen molar-refractivity contribution in [1.29, 1.82) is 0 Å². The molecular formula is C20H37N7OSi. The van der Waals surface area contributed by atoms with Crippen LogP contribution in [0.5, 0.6) is 0 Å². The van der Waals surface area contributed by atoms with Crippen molar-refractivity contribution in [3.63, 3.8) is 0 Å². The predicted octanol–water partition coefficient (Wildman–Crippen LogP) is 3.96. The van der Waals surface area contributed by atoms with Gasteiger partial charge in [0, 0.05) is 32.6 Å². The highest BCUT2D eigenvalue weighted by Crippen LogP contribution is 2.36. The molecular weight excluding hydrogens is 382 g/mol. The number of hydrogen-bond donors (Lipinski definition) is 2. The zero-order valence-corrected chi connectivity index (χ0v) is 19.9. The van der Waals surface area contributed by atoms with E-state index in [1.807, 2.05) is 13.2 Å². The van der Waals surface area contributed by atoms with Crippen LogP contribution in [0, 0.1) is 5.92 Å². The van der Waals surface area contributed by atoms with E-state index in [4.69, 9.17) is 10.2 Å². The summed E-state index contributed by atoms with van der Waals surface area (Å²) < 4.78 is 9.68. The maximum atomic E-state index is 6.27. The van der Waals surface area contributed by atoms with Gasteiger partial charge in [-0.05, 0) is 36.9 Å². The second-order valence-electron chi connectivity index (χ2n) is 9.21. The lowest BCUT2D eigenvalue weighted by atomic mass is 10.1. The van der Waals surface area contributed by atoms with Crippen LogP contribution in [0.3, 0.4) is 0 Å². The molecule has 2 aromatic rings. The van der Waals surface area contributed by atoms with Crippen molar-refractivity contribution in [2.24, 2.45) is 23.7 Å². The Balaban J connectivity index is 1.83. The lowest BCUT2D eigenvalue weighted by Gasteiger charge is -2.36. The molecule has 2 heterocycles. The largest absolute Gasteiger partial charge is 0.417 e. The van der Waals surface area contributed by atoms with Crippen LogP contribution in [0.25, 0.3) is 0 Å². The Morgan fingerprint density at radius 2 is 2.10 bits per heavy atom. The summed E-state index contributed by atoms with van der Waals surface area (Å²) in [6, 6.07) is 0. The quantitative estimate of drug-likeness (QED) is 0.278. The number of nitrogens with one attached hydrogen (secondary N) is 1. The van der Waals surface area contributed by atoms with Gasteiger partial charge in [0.25, 0.3) is 0 Å². The minimum Gasteiger partial charge on any atom is -0.417 e. The molecule has 0 fully saturated rings. The molecule has 0 spiro atoms. The van der Waals surface area contributed by atoms with E-state index < -0.39 is 8.32 Å². The molecule has 0 aromatic carbocycles. The first-order valence-corrected chi connectivity index (χ1v) is 13.1. The second-order valence-corrected chi connectivity index (χ2v) is 14.0. The molecule has 2 aromatic heterocycles. The summed E-state index contributed by atoms with van der Waals surface area (Å²) in [5.41, 5.74) is 6.76. The van der Waals surface area contributed by atoms with Crippen molar-refractivity contribution in [2.75, 3.05) is 18.5 Å². The van der Waals surface area contributed by atoms with Gasteiger partial charge in [-0.2, -0.15) is 5.10 Å². The van der Waals surface area contributed by atoms with Gasteiger partial charge in [-0.15, -0.1) is 0 Å². The fourth-order valence-corrected chi connectivity index (χ4v) is 3.70. The van der Waals surface area contributed by atoms with Crippen molar-refractivity contribution in [2.45, 2.75) is 58.7 Å². The first-order chi connectivity index (χ1) is 13.5. The van der Waals surface area contributed by atoms with E-state index in [1.54, 1.807) is 28.0 Å². The van der Waals surface area contributed by atoms with E-state index in [0.29, 0.717) is 17.6 Å². The molecule has 0 radical (unpaired) electrons. The van der Waals surface area contributed by atoms with Crippen LogP contribution in [0.4, 0.5) is 11.5 Å². The highest BCUT2D eigenvalue weighted by Gasteiger charge is 2.36. The molecule has 0 saturated carbocycles. The fraction of sp³-hybridized carbons (Fsp3) is 0.650. The zero-order valence-electron chi connectivity index (χ0n) is 18.9. The van der Waals surface area contributed by atoms with Gasteiger partial charge < -0.3 is 15.5 Å². The Kier molecular flexibility index (Phi) is 7.64. The highest BCUT2D eigenvalue weighted by atomic mass is 28.4. The Morgan fingerprint density at radius 3 is 2.72 bits per heavy atom. The molecule has 0 aliphatic rings. The van der Waals surface area contributed by atoms with Gasteiger partial charge in [0.05, 0.1) is 6.20 Å². The molecule has 9 heteroatoms. The minimum atomic E-state index is -1.65. The van der Waals surface area contributed by atoms with E-state index in [9.17, 15) is 0 Å². The van der Waals surface area contributed by atoms with Crippen molar-refractivity contribution >= 4 is 25.8 Å². The third kappa shape index (κ3) is 6.71. The molecule has 0 aliphatic carbocycles. The van der Waals surface area contributed by atoms with Crippen LogP contribution in [0.15, 0.2) is 29.9 Å². The van der Waals surface area contributed by atoms with E-state index in [0.717, 1.165) is 31.8 Å². The number of anilines is 1. The predicted molar refractivity (Wildman–Crippen MR) is 122 cm³/mol. The average Bonchev–Trinajstić information content (AvgIpc) is 3.26. The van der Waals surface area contributed by atoms with Crippen LogP contribution in [0.1, 0.15) is 40.5 Å². The molecule has 3 N–H and O–H groups in total. The molecule has 2 rings (SSSR count). The number of aliphatic imine (C=N–C) groups is 1. The second kappa shape index (κ2) is 9.58. The van der Waals surface area contributed by atoms with Gasteiger partial charge in [-0.1, -0.05) is 27.7 Å². The Hall–Kier alpha value is -2.13. The van der Waals surface area contributed by atoms with Gasteiger partial charge in [-0.25, -0.2) is 9.98 Å². The number of aromatic nitrogens is 4. The molecule has 0 saturated heterocycles. The number of hydrogen-bond acceptors (Lipinski definition) is 5. The summed E-state index contributed by atoms with van der Waals surface area (Å²) in [7, 11) is 0.221. The summed E-state index contributed by atoms with van der Waals surface area (Å²) in [6.45, 7) is 15.3. The SMILES string of the molecule is C[C@H](CCCO[Si](C)(C)C(C)(C)C)CNc1nn(C)cc1N=C(N)n1ccnc1. The topological polar surface area (TPSA) is 95.3 Å². The smallest absolute Gasteiger partial charge is 0.206 e. The van der Waals surface area contributed by atoms with Crippen LogP contribution >= 0.6 is 0 Å². The molecule has 0 amide bonds. The third-order valence-electron chi connectivity index (χ3n) is 5.54. The van der Waals surface area contributed by atoms with E-state index >= 15 is 0 Å². The molecule has 0 unspecified atom stereocenters. The van der Waals surface area contributed by atoms with Crippen molar-refractivity contribution in [3.05, 3.63) is 24.9 Å². The Labute approximate surface area is 175 Å². The number of rotatable bonds is 9. The van der Waals surface area contributed by atoms with E-state index in [2.05, 4.69) is 61.2 Å². The maximum Gasteiger partial charge on any atom is 0.206 e. The molecule has 29 heavy (non-hydrogen) atoms. The fourth-order valence-electron chi connectivity index (χ4n) is 2.61. The van der Waals surface area contributed by atoms with Gasteiger partial charge in [0.15, 0.2) is 14.1 Å². The first kappa shape index (κ1) is 23.1. The summed E-state index contributed by atoms with van der Waals surface area (Å²) in [5, 5.41) is 8.14. The molecule has 1 atom stereocenters. The van der Waals surface area contributed by atoms with Crippen LogP contribution < -0.4 is 11.1 Å². The summed E-state index contributed by atoms with van der Waals surface area (Å²) >= 11 is 0. The van der Waals surface area contributed by atoms with Crippen molar-refractivity contribution in [1.82, 2.24) is 19.3 Å². The molecule has 8 nitrogen and oxygen atoms in total. The number of nitrogens with zero attached hydrogens (tertiary/aromatic N) is 5. The number of aryl methyl sites for hydroxylation is 1. The molecule has 0 bridgehead atoms. The first-order valence-electron chi connectivity index (χ1n) is 10.2. The molecule has 0 aliphatic heterocycles. The Bertz CT molecular complexity index is 790. The molecule has 162 valence electrons.